The largest absolute Gasteiger partial charge is 0.498 e. The summed E-state index contributed by atoms with van der Waals surface area (Å²) in [5.41, 5.74) is -0.896. The zero-order valence-electron chi connectivity index (χ0n) is 10.6. The number of ketones is 1. The Morgan fingerprint density at radius 3 is 2.76 bits per heavy atom. The molecule has 0 bridgehead atoms. The third-order valence-corrected chi connectivity index (χ3v) is 2.94. The summed E-state index contributed by atoms with van der Waals surface area (Å²) in [5.74, 6) is 0.972. The summed E-state index contributed by atoms with van der Waals surface area (Å²) < 4.78 is 5.53. The van der Waals surface area contributed by atoms with E-state index in [0.29, 0.717) is 37.5 Å². The standard InChI is InChI=1S/C14H20O3/c1-4-6-14(10-15)7-5-12(8-13(14)16)17-9-11(2)3/h4,8,10-11H,1,5-7,9H2,2-3H3. The molecule has 0 heterocycles. The predicted octanol–water partition coefficient (Wildman–Crippen LogP) is 2.67. The zero-order valence-corrected chi connectivity index (χ0v) is 10.6. The molecule has 0 saturated heterocycles. The molecule has 0 amide bonds. The van der Waals surface area contributed by atoms with Crippen LogP contribution < -0.4 is 0 Å². The molecule has 0 aromatic rings. The highest BCUT2D eigenvalue weighted by atomic mass is 16.5. The number of carbonyl (C=O) groups is 2. The topological polar surface area (TPSA) is 43.4 Å². The van der Waals surface area contributed by atoms with Crippen LogP contribution in [0.2, 0.25) is 0 Å². The smallest absolute Gasteiger partial charge is 0.172 e. The first-order valence-electron chi connectivity index (χ1n) is 5.99. The second-order valence-corrected chi connectivity index (χ2v) is 4.95. The molecule has 0 N–H and O–H groups in total. The molecular formula is C14H20O3. The molecule has 1 aliphatic rings. The molecule has 1 rings (SSSR count). The Morgan fingerprint density at radius 1 is 1.59 bits per heavy atom. The first-order valence-corrected chi connectivity index (χ1v) is 5.99. The highest BCUT2D eigenvalue weighted by molar-refractivity contribution is 6.06. The second-order valence-electron chi connectivity index (χ2n) is 4.95. The van der Waals surface area contributed by atoms with E-state index in [2.05, 4.69) is 20.4 Å². The SMILES string of the molecule is C=CCC1(C=O)CCC(OCC(C)C)=CC1=O. The van der Waals surface area contributed by atoms with Crippen molar-refractivity contribution in [2.75, 3.05) is 6.61 Å². The van der Waals surface area contributed by atoms with Gasteiger partial charge in [-0.05, 0) is 18.8 Å². The van der Waals surface area contributed by atoms with Gasteiger partial charge >= 0.3 is 0 Å². The number of rotatable bonds is 6. The van der Waals surface area contributed by atoms with E-state index in [1.54, 1.807) is 6.08 Å². The maximum atomic E-state index is 12.0. The van der Waals surface area contributed by atoms with E-state index < -0.39 is 5.41 Å². The quantitative estimate of drug-likeness (QED) is 0.404. The molecule has 1 aliphatic carbocycles. The maximum Gasteiger partial charge on any atom is 0.172 e. The zero-order chi connectivity index (χ0) is 12.9. The van der Waals surface area contributed by atoms with Gasteiger partial charge in [-0.2, -0.15) is 0 Å². The summed E-state index contributed by atoms with van der Waals surface area (Å²) in [6.45, 7) is 8.31. The molecule has 17 heavy (non-hydrogen) atoms. The average Bonchev–Trinajstić information content (AvgIpc) is 2.30. The Kier molecular flexibility index (Phi) is 4.67. The van der Waals surface area contributed by atoms with E-state index in [4.69, 9.17) is 4.74 Å². The normalized spacial score (nSPS) is 24.4. The number of aldehydes is 1. The van der Waals surface area contributed by atoms with E-state index in [0.717, 1.165) is 6.29 Å². The van der Waals surface area contributed by atoms with Crippen LogP contribution in [0, 0.1) is 11.3 Å². The molecular weight excluding hydrogens is 216 g/mol. The lowest BCUT2D eigenvalue weighted by Crippen LogP contribution is -2.34. The minimum Gasteiger partial charge on any atom is -0.498 e. The molecule has 0 aromatic heterocycles. The molecule has 0 fully saturated rings. The van der Waals surface area contributed by atoms with Gasteiger partial charge in [0.05, 0.1) is 17.8 Å². The van der Waals surface area contributed by atoms with Crippen LogP contribution in [0.3, 0.4) is 0 Å². The first kappa shape index (κ1) is 13.7. The van der Waals surface area contributed by atoms with Crippen LogP contribution in [-0.4, -0.2) is 18.7 Å². The summed E-state index contributed by atoms with van der Waals surface area (Å²) in [7, 11) is 0. The van der Waals surface area contributed by atoms with Crippen molar-refractivity contribution < 1.29 is 14.3 Å². The summed E-state index contributed by atoms with van der Waals surface area (Å²) in [6, 6.07) is 0. The molecule has 3 heteroatoms. The summed E-state index contributed by atoms with van der Waals surface area (Å²) in [6.07, 6.45) is 5.43. The van der Waals surface area contributed by atoms with Gasteiger partial charge in [0.15, 0.2) is 5.78 Å². The van der Waals surface area contributed by atoms with Crippen molar-refractivity contribution in [3.63, 3.8) is 0 Å². The fourth-order valence-corrected chi connectivity index (χ4v) is 1.84. The number of carbonyl (C=O) groups excluding carboxylic acids is 2. The number of ether oxygens (including phenoxy) is 1. The third-order valence-electron chi connectivity index (χ3n) is 2.94. The van der Waals surface area contributed by atoms with Crippen molar-refractivity contribution >= 4 is 12.1 Å². The third kappa shape index (κ3) is 3.29. The highest BCUT2D eigenvalue weighted by Crippen LogP contribution is 2.34. The van der Waals surface area contributed by atoms with Crippen molar-refractivity contribution in [3.8, 4) is 0 Å². The molecule has 0 radical (unpaired) electrons. The van der Waals surface area contributed by atoms with Crippen molar-refractivity contribution in [2.24, 2.45) is 11.3 Å². The van der Waals surface area contributed by atoms with E-state index in [9.17, 15) is 9.59 Å². The molecule has 1 atom stereocenters. The molecule has 0 aromatic carbocycles. The van der Waals surface area contributed by atoms with Crippen molar-refractivity contribution in [2.45, 2.75) is 33.1 Å². The van der Waals surface area contributed by atoms with Crippen LogP contribution in [0.25, 0.3) is 0 Å². The van der Waals surface area contributed by atoms with Crippen LogP contribution in [0.1, 0.15) is 33.1 Å². The summed E-state index contributed by atoms with van der Waals surface area (Å²) >= 11 is 0. The molecule has 0 saturated carbocycles. The van der Waals surface area contributed by atoms with Gasteiger partial charge in [0.1, 0.15) is 6.29 Å². The minimum absolute atomic E-state index is 0.155. The highest BCUT2D eigenvalue weighted by Gasteiger charge is 2.38. The molecule has 3 nitrogen and oxygen atoms in total. The molecule has 94 valence electrons. The monoisotopic (exact) mass is 236 g/mol. The molecule has 1 unspecified atom stereocenters. The van der Waals surface area contributed by atoms with Crippen LogP contribution in [0.5, 0.6) is 0 Å². The van der Waals surface area contributed by atoms with Gasteiger partial charge in [0.25, 0.3) is 0 Å². The van der Waals surface area contributed by atoms with E-state index in [1.807, 2.05) is 0 Å². The predicted molar refractivity (Wildman–Crippen MR) is 66.4 cm³/mol. The summed E-state index contributed by atoms with van der Waals surface area (Å²) in [5, 5.41) is 0. The van der Waals surface area contributed by atoms with Gasteiger partial charge in [0, 0.05) is 12.5 Å². The Bertz CT molecular complexity index is 341. The van der Waals surface area contributed by atoms with Crippen molar-refractivity contribution in [3.05, 3.63) is 24.5 Å². The Balaban J connectivity index is 2.73. The lowest BCUT2D eigenvalue weighted by molar-refractivity contribution is -0.132. The number of hydrogen-bond donors (Lipinski definition) is 0. The lowest BCUT2D eigenvalue weighted by atomic mass is 9.74. The second kappa shape index (κ2) is 5.80. The minimum atomic E-state index is -0.896. The number of allylic oxidation sites excluding steroid dienone is 3. The van der Waals surface area contributed by atoms with E-state index in [1.165, 1.54) is 6.08 Å². The first-order chi connectivity index (χ1) is 8.04. The summed E-state index contributed by atoms with van der Waals surface area (Å²) in [4.78, 5) is 23.1. The van der Waals surface area contributed by atoms with Crippen molar-refractivity contribution in [1.29, 1.82) is 0 Å². The van der Waals surface area contributed by atoms with E-state index >= 15 is 0 Å². The lowest BCUT2D eigenvalue weighted by Gasteiger charge is -2.28. The van der Waals surface area contributed by atoms with Gasteiger partial charge in [-0.3, -0.25) is 4.79 Å². The maximum absolute atomic E-state index is 12.0. The van der Waals surface area contributed by atoms with Crippen LogP contribution in [-0.2, 0) is 14.3 Å². The average molecular weight is 236 g/mol. The van der Waals surface area contributed by atoms with E-state index in [-0.39, 0.29) is 5.78 Å². The van der Waals surface area contributed by atoms with Crippen molar-refractivity contribution in [1.82, 2.24) is 0 Å². The Labute approximate surface area is 103 Å². The van der Waals surface area contributed by atoms with Gasteiger partial charge in [-0.1, -0.05) is 19.9 Å². The van der Waals surface area contributed by atoms with Crippen LogP contribution >= 0.6 is 0 Å². The molecule has 0 aliphatic heterocycles. The van der Waals surface area contributed by atoms with Crippen LogP contribution in [0.4, 0.5) is 0 Å². The Hall–Kier alpha value is -1.38. The fourth-order valence-electron chi connectivity index (χ4n) is 1.84. The van der Waals surface area contributed by atoms with Gasteiger partial charge in [-0.15, -0.1) is 6.58 Å². The Morgan fingerprint density at radius 2 is 2.29 bits per heavy atom. The number of hydrogen-bond acceptors (Lipinski definition) is 3. The van der Waals surface area contributed by atoms with Gasteiger partial charge in [0.2, 0.25) is 0 Å². The van der Waals surface area contributed by atoms with Crippen LogP contribution in [0.15, 0.2) is 24.5 Å². The van der Waals surface area contributed by atoms with Gasteiger partial charge < -0.3 is 9.53 Å². The fraction of sp³-hybridized carbons (Fsp3) is 0.571. The van der Waals surface area contributed by atoms with Gasteiger partial charge in [-0.25, -0.2) is 0 Å². The molecule has 0 spiro atoms.